The quantitative estimate of drug-likeness (QED) is 0.743. The lowest BCUT2D eigenvalue weighted by Gasteiger charge is -2.30. The van der Waals surface area contributed by atoms with E-state index in [2.05, 4.69) is 5.32 Å². The van der Waals surface area contributed by atoms with Crippen LogP contribution in [0.5, 0.6) is 0 Å². The Morgan fingerprint density at radius 1 is 1.12 bits per heavy atom. The van der Waals surface area contributed by atoms with Crippen LogP contribution in [-0.4, -0.2) is 23.3 Å². The number of anilines is 1. The molecule has 0 aliphatic carbocycles. The minimum Gasteiger partial charge on any atom is -0.324 e. The summed E-state index contributed by atoms with van der Waals surface area (Å²) in [7, 11) is 0. The highest BCUT2D eigenvalue weighted by molar-refractivity contribution is 7.12. The van der Waals surface area contributed by atoms with Crippen LogP contribution in [0.4, 0.5) is 10.1 Å². The number of rotatable bonds is 2. The molecule has 1 atom stereocenters. The van der Waals surface area contributed by atoms with Crippen LogP contribution in [0.15, 0.2) is 66.0 Å². The number of hydrogen-bond donors (Lipinski definition) is 1. The SMILES string of the molecule is O=C1CN(C(=O)c2cccs2)C(c2ccccc2)c2cc(F)ccc2N1. The van der Waals surface area contributed by atoms with Gasteiger partial charge in [-0.3, -0.25) is 9.59 Å². The third kappa shape index (κ3) is 2.99. The molecule has 1 aliphatic heterocycles. The first-order valence-corrected chi connectivity index (χ1v) is 9.00. The van der Waals surface area contributed by atoms with Gasteiger partial charge in [-0.1, -0.05) is 36.4 Å². The molecule has 0 saturated carbocycles. The maximum Gasteiger partial charge on any atom is 0.265 e. The van der Waals surface area contributed by atoms with Crippen molar-refractivity contribution >= 4 is 28.8 Å². The Balaban J connectivity index is 1.90. The molecule has 130 valence electrons. The first-order valence-electron chi connectivity index (χ1n) is 8.12. The van der Waals surface area contributed by atoms with Crippen LogP contribution in [0.25, 0.3) is 0 Å². The normalized spacial score (nSPS) is 16.6. The predicted octanol–water partition coefficient (Wildman–Crippen LogP) is 4.07. The van der Waals surface area contributed by atoms with Gasteiger partial charge in [-0.05, 0) is 35.2 Å². The molecule has 0 spiro atoms. The number of amides is 2. The van der Waals surface area contributed by atoms with Gasteiger partial charge in [0.25, 0.3) is 5.91 Å². The average molecular weight is 366 g/mol. The summed E-state index contributed by atoms with van der Waals surface area (Å²) < 4.78 is 14.0. The first kappa shape index (κ1) is 16.5. The Labute approximate surface area is 153 Å². The van der Waals surface area contributed by atoms with Crippen LogP contribution in [-0.2, 0) is 4.79 Å². The molecule has 2 amide bonds. The van der Waals surface area contributed by atoms with Crippen LogP contribution in [0.3, 0.4) is 0 Å². The number of hydrogen-bond acceptors (Lipinski definition) is 3. The Hall–Kier alpha value is -2.99. The van der Waals surface area contributed by atoms with Crippen LogP contribution < -0.4 is 5.32 Å². The average Bonchev–Trinajstić information content (AvgIpc) is 3.13. The van der Waals surface area contributed by atoms with Crippen molar-refractivity contribution in [2.75, 3.05) is 11.9 Å². The van der Waals surface area contributed by atoms with Crippen LogP contribution in [0, 0.1) is 5.82 Å². The molecule has 4 rings (SSSR count). The summed E-state index contributed by atoms with van der Waals surface area (Å²) in [6.45, 7) is -0.105. The zero-order chi connectivity index (χ0) is 18.1. The van der Waals surface area contributed by atoms with E-state index in [9.17, 15) is 14.0 Å². The second kappa shape index (κ2) is 6.72. The molecule has 1 unspecified atom stereocenters. The highest BCUT2D eigenvalue weighted by Gasteiger charge is 2.34. The van der Waals surface area contributed by atoms with E-state index in [0.29, 0.717) is 16.1 Å². The van der Waals surface area contributed by atoms with E-state index in [-0.39, 0.29) is 18.4 Å². The molecule has 1 aromatic heterocycles. The summed E-state index contributed by atoms with van der Waals surface area (Å²) in [6.07, 6.45) is 0. The summed E-state index contributed by atoms with van der Waals surface area (Å²) >= 11 is 1.32. The lowest BCUT2D eigenvalue weighted by molar-refractivity contribution is -0.117. The maximum absolute atomic E-state index is 14.0. The fourth-order valence-corrected chi connectivity index (χ4v) is 3.88. The van der Waals surface area contributed by atoms with Crippen molar-refractivity contribution in [2.45, 2.75) is 6.04 Å². The summed E-state index contributed by atoms with van der Waals surface area (Å²) in [5.41, 5.74) is 1.90. The van der Waals surface area contributed by atoms with Crippen molar-refractivity contribution in [1.82, 2.24) is 4.90 Å². The number of carbonyl (C=O) groups is 2. The number of fused-ring (bicyclic) bond motifs is 1. The zero-order valence-electron chi connectivity index (χ0n) is 13.7. The number of nitrogens with zero attached hydrogens (tertiary/aromatic N) is 1. The van der Waals surface area contributed by atoms with E-state index in [1.165, 1.54) is 34.4 Å². The van der Waals surface area contributed by atoms with Crippen molar-refractivity contribution < 1.29 is 14.0 Å². The van der Waals surface area contributed by atoms with E-state index in [1.54, 1.807) is 12.1 Å². The van der Waals surface area contributed by atoms with Gasteiger partial charge in [0, 0.05) is 11.3 Å². The summed E-state index contributed by atoms with van der Waals surface area (Å²) in [5.74, 6) is -0.966. The van der Waals surface area contributed by atoms with Gasteiger partial charge in [-0.2, -0.15) is 0 Å². The van der Waals surface area contributed by atoms with Crippen molar-refractivity contribution in [3.8, 4) is 0 Å². The smallest absolute Gasteiger partial charge is 0.265 e. The molecule has 0 fully saturated rings. The number of carbonyl (C=O) groups excluding carboxylic acids is 2. The fourth-order valence-electron chi connectivity index (χ4n) is 3.20. The lowest BCUT2D eigenvalue weighted by atomic mass is 9.95. The number of thiophene rings is 1. The van der Waals surface area contributed by atoms with Gasteiger partial charge in [-0.15, -0.1) is 11.3 Å². The van der Waals surface area contributed by atoms with Gasteiger partial charge >= 0.3 is 0 Å². The second-order valence-electron chi connectivity index (χ2n) is 6.00. The standard InChI is InChI=1S/C20H15FN2O2S/c21-14-8-9-16-15(11-14)19(13-5-2-1-3-6-13)23(12-18(24)22-16)20(25)17-7-4-10-26-17/h1-11,19H,12H2,(H,22,24). The van der Waals surface area contributed by atoms with Gasteiger partial charge in [0.15, 0.2) is 0 Å². The van der Waals surface area contributed by atoms with Gasteiger partial charge in [0.2, 0.25) is 5.91 Å². The van der Waals surface area contributed by atoms with Crippen LogP contribution in [0.1, 0.15) is 26.8 Å². The van der Waals surface area contributed by atoms with Gasteiger partial charge in [-0.25, -0.2) is 4.39 Å². The lowest BCUT2D eigenvalue weighted by Crippen LogP contribution is -2.38. The van der Waals surface area contributed by atoms with E-state index >= 15 is 0 Å². The predicted molar refractivity (Wildman–Crippen MR) is 98.7 cm³/mol. The number of benzene rings is 2. The number of nitrogens with one attached hydrogen (secondary N) is 1. The van der Waals surface area contributed by atoms with E-state index in [0.717, 1.165) is 5.56 Å². The fraction of sp³-hybridized carbons (Fsp3) is 0.100. The van der Waals surface area contributed by atoms with Crippen LogP contribution in [0.2, 0.25) is 0 Å². The Bertz CT molecular complexity index is 957. The molecule has 2 heterocycles. The van der Waals surface area contributed by atoms with Crippen molar-refractivity contribution in [3.05, 3.63) is 87.9 Å². The minimum atomic E-state index is -0.560. The van der Waals surface area contributed by atoms with E-state index in [4.69, 9.17) is 0 Å². The van der Waals surface area contributed by atoms with E-state index < -0.39 is 11.9 Å². The summed E-state index contributed by atoms with van der Waals surface area (Å²) in [5, 5.41) is 4.60. The molecule has 0 saturated heterocycles. The molecule has 2 aromatic carbocycles. The zero-order valence-corrected chi connectivity index (χ0v) is 14.5. The first-order chi connectivity index (χ1) is 12.6. The molecule has 6 heteroatoms. The third-order valence-corrected chi connectivity index (χ3v) is 5.17. The third-order valence-electron chi connectivity index (χ3n) is 4.32. The molecular formula is C20H15FN2O2S. The highest BCUT2D eigenvalue weighted by atomic mass is 32.1. The molecule has 0 bridgehead atoms. The maximum atomic E-state index is 14.0. The van der Waals surface area contributed by atoms with Crippen molar-refractivity contribution in [2.24, 2.45) is 0 Å². The second-order valence-corrected chi connectivity index (χ2v) is 6.95. The molecule has 1 aliphatic rings. The molecule has 3 aromatic rings. The van der Waals surface area contributed by atoms with Gasteiger partial charge in [0.05, 0.1) is 10.9 Å². The van der Waals surface area contributed by atoms with Gasteiger partial charge < -0.3 is 10.2 Å². The minimum absolute atomic E-state index is 0.105. The number of halogens is 1. The molecular weight excluding hydrogens is 351 g/mol. The monoisotopic (exact) mass is 366 g/mol. The summed E-state index contributed by atoms with van der Waals surface area (Å²) in [4.78, 5) is 27.5. The van der Waals surface area contributed by atoms with Crippen molar-refractivity contribution in [1.29, 1.82) is 0 Å². The Morgan fingerprint density at radius 2 is 1.92 bits per heavy atom. The Kier molecular flexibility index (Phi) is 4.26. The topological polar surface area (TPSA) is 49.4 Å². The molecule has 26 heavy (non-hydrogen) atoms. The molecule has 1 N–H and O–H groups in total. The van der Waals surface area contributed by atoms with Gasteiger partial charge in [0.1, 0.15) is 12.4 Å². The Morgan fingerprint density at radius 3 is 2.65 bits per heavy atom. The molecule has 4 nitrogen and oxygen atoms in total. The van der Waals surface area contributed by atoms with Crippen LogP contribution >= 0.6 is 11.3 Å². The largest absolute Gasteiger partial charge is 0.324 e. The molecule has 0 radical (unpaired) electrons. The summed E-state index contributed by atoms with van der Waals surface area (Å²) in [6, 6.07) is 16.5. The highest BCUT2D eigenvalue weighted by Crippen LogP contribution is 2.37. The van der Waals surface area contributed by atoms with E-state index in [1.807, 2.05) is 35.7 Å². The van der Waals surface area contributed by atoms with Crippen molar-refractivity contribution in [3.63, 3.8) is 0 Å².